The molecule has 2 fully saturated rings. The summed E-state index contributed by atoms with van der Waals surface area (Å²) in [7, 11) is 0. The van der Waals surface area contributed by atoms with E-state index in [0.717, 1.165) is 29.8 Å². The second-order valence-electron chi connectivity index (χ2n) is 7.76. The van der Waals surface area contributed by atoms with Crippen LogP contribution in [0.2, 0.25) is 0 Å². The third-order valence-electron chi connectivity index (χ3n) is 6.30. The van der Waals surface area contributed by atoms with Crippen LogP contribution in [-0.2, 0) is 0 Å². The molecular formula is C19H38N2. The summed E-state index contributed by atoms with van der Waals surface area (Å²) >= 11 is 0. The number of nitrogens with one attached hydrogen (secondary N) is 1. The molecule has 1 saturated heterocycles. The van der Waals surface area contributed by atoms with Crippen molar-refractivity contribution in [2.24, 2.45) is 17.8 Å². The molecule has 124 valence electrons. The highest BCUT2D eigenvalue weighted by molar-refractivity contribution is 4.89. The first kappa shape index (κ1) is 17.3. The van der Waals surface area contributed by atoms with E-state index in [0.29, 0.717) is 0 Å². The standard InChI is InChI=1S/C19H38N2/c1-5-11-20-19-10-9-17(6-2)13-18(19)14-21-12-7-8-15(3)16(21)4/h15-20H,5-14H2,1-4H3. The van der Waals surface area contributed by atoms with Crippen molar-refractivity contribution in [3.05, 3.63) is 0 Å². The molecule has 0 aromatic rings. The van der Waals surface area contributed by atoms with E-state index in [1.807, 2.05) is 0 Å². The van der Waals surface area contributed by atoms with Crippen LogP contribution in [0.4, 0.5) is 0 Å². The quantitative estimate of drug-likeness (QED) is 0.785. The Bertz CT molecular complexity index is 291. The van der Waals surface area contributed by atoms with Crippen molar-refractivity contribution in [3.8, 4) is 0 Å². The molecule has 2 rings (SSSR count). The zero-order chi connectivity index (χ0) is 15.2. The van der Waals surface area contributed by atoms with E-state index in [-0.39, 0.29) is 0 Å². The number of likely N-dealkylation sites (tertiary alicyclic amines) is 1. The van der Waals surface area contributed by atoms with Crippen LogP contribution in [0.15, 0.2) is 0 Å². The van der Waals surface area contributed by atoms with Gasteiger partial charge >= 0.3 is 0 Å². The molecule has 1 heterocycles. The van der Waals surface area contributed by atoms with E-state index in [2.05, 4.69) is 37.9 Å². The third-order valence-corrected chi connectivity index (χ3v) is 6.30. The molecular weight excluding hydrogens is 256 g/mol. The fourth-order valence-electron chi connectivity index (χ4n) is 4.51. The maximum atomic E-state index is 3.85. The van der Waals surface area contributed by atoms with E-state index in [1.54, 1.807) is 0 Å². The molecule has 2 aliphatic rings. The Kier molecular flexibility index (Phi) is 7.01. The lowest BCUT2D eigenvalue weighted by Crippen LogP contribution is -2.50. The van der Waals surface area contributed by atoms with Gasteiger partial charge in [0.25, 0.3) is 0 Å². The van der Waals surface area contributed by atoms with Crippen molar-refractivity contribution in [3.63, 3.8) is 0 Å². The molecule has 0 amide bonds. The van der Waals surface area contributed by atoms with Gasteiger partial charge < -0.3 is 10.2 Å². The Morgan fingerprint density at radius 2 is 1.90 bits per heavy atom. The van der Waals surface area contributed by atoms with Crippen LogP contribution < -0.4 is 5.32 Å². The number of nitrogens with zero attached hydrogens (tertiary/aromatic N) is 1. The molecule has 21 heavy (non-hydrogen) atoms. The van der Waals surface area contributed by atoms with Gasteiger partial charge in [0.1, 0.15) is 0 Å². The minimum atomic E-state index is 0.775. The molecule has 5 atom stereocenters. The van der Waals surface area contributed by atoms with Gasteiger partial charge in [0.15, 0.2) is 0 Å². The van der Waals surface area contributed by atoms with Crippen LogP contribution in [0.3, 0.4) is 0 Å². The molecule has 1 N–H and O–H groups in total. The van der Waals surface area contributed by atoms with Crippen LogP contribution >= 0.6 is 0 Å². The van der Waals surface area contributed by atoms with E-state index in [4.69, 9.17) is 0 Å². The summed E-state index contributed by atoms with van der Waals surface area (Å²) in [5.41, 5.74) is 0. The second-order valence-corrected chi connectivity index (χ2v) is 7.76. The molecule has 0 bridgehead atoms. The van der Waals surface area contributed by atoms with Gasteiger partial charge in [0.2, 0.25) is 0 Å². The summed E-state index contributed by atoms with van der Waals surface area (Å²) in [5, 5.41) is 3.85. The molecule has 1 aliphatic heterocycles. The van der Waals surface area contributed by atoms with Crippen molar-refractivity contribution in [2.45, 2.75) is 84.7 Å². The topological polar surface area (TPSA) is 15.3 Å². The third kappa shape index (κ3) is 4.69. The monoisotopic (exact) mass is 294 g/mol. The van der Waals surface area contributed by atoms with Crippen molar-refractivity contribution >= 4 is 0 Å². The van der Waals surface area contributed by atoms with Crippen LogP contribution in [0.5, 0.6) is 0 Å². The Morgan fingerprint density at radius 3 is 2.62 bits per heavy atom. The fourth-order valence-corrected chi connectivity index (χ4v) is 4.51. The van der Waals surface area contributed by atoms with Gasteiger partial charge in [-0.25, -0.2) is 0 Å². The van der Waals surface area contributed by atoms with Crippen LogP contribution in [-0.4, -0.2) is 36.6 Å². The normalized spacial score (nSPS) is 38.6. The summed E-state index contributed by atoms with van der Waals surface area (Å²) in [6.45, 7) is 13.4. The Balaban J connectivity index is 1.94. The fraction of sp³-hybridized carbons (Fsp3) is 1.00. The molecule has 0 radical (unpaired) electrons. The van der Waals surface area contributed by atoms with Crippen LogP contribution in [0.25, 0.3) is 0 Å². The van der Waals surface area contributed by atoms with Crippen LogP contribution in [0.1, 0.15) is 72.6 Å². The highest BCUT2D eigenvalue weighted by atomic mass is 15.2. The van der Waals surface area contributed by atoms with Gasteiger partial charge in [-0.1, -0.05) is 27.2 Å². The molecule has 1 saturated carbocycles. The molecule has 1 aliphatic carbocycles. The molecule has 0 aromatic carbocycles. The minimum Gasteiger partial charge on any atom is -0.314 e. The first-order chi connectivity index (χ1) is 10.2. The van der Waals surface area contributed by atoms with Gasteiger partial charge in [-0.05, 0) is 76.3 Å². The highest BCUT2D eigenvalue weighted by Gasteiger charge is 2.33. The molecule has 0 aromatic heterocycles. The van der Waals surface area contributed by atoms with Gasteiger partial charge in [-0.3, -0.25) is 0 Å². The number of rotatable bonds is 6. The first-order valence-electron chi connectivity index (χ1n) is 9.63. The average molecular weight is 295 g/mol. The molecule has 5 unspecified atom stereocenters. The zero-order valence-electron chi connectivity index (χ0n) is 14.9. The lowest BCUT2D eigenvalue weighted by atomic mass is 9.76. The van der Waals surface area contributed by atoms with E-state index in [1.165, 1.54) is 64.6 Å². The summed E-state index contributed by atoms with van der Waals surface area (Å²) in [6.07, 6.45) is 9.78. The van der Waals surface area contributed by atoms with E-state index >= 15 is 0 Å². The maximum Gasteiger partial charge on any atom is 0.0108 e. The predicted molar refractivity (Wildman–Crippen MR) is 92.6 cm³/mol. The summed E-state index contributed by atoms with van der Waals surface area (Å²) in [5.74, 6) is 2.74. The first-order valence-corrected chi connectivity index (χ1v) is 9.63. The molecule has 0 spiro atoms. The van der Waals surface area contributed by atoms with E-state index in [9.17, 15) is 0 Å². The summed E-state index contributed by atoms with van der Waals surface area (Å²) < 4.78 is 0. The zero-order valence-corrected chi connectivity index (χ0v) is 14.9. The van der Waals surface area contributed by atoms with Gasteiger partial charge in [-0.15, -0.1) is 0 Å². The highest BCUT2D eigenvalue weighted by Crippen LogP contribution is 2.33. The number of hydrogen-bond donors (Lipinski definition) is 1. The lowest BCUT2D eigenvalue weighted by molar-refractivity contribution is 0.0666. The number of hydrogen-bond acceptors (Lipinski definition) is 2. The van der Waals surface area contributed by atoms with Crippen LogP contribution in [0, 0.1) is 17.8 Å². The molecule has 2 nitrogen and oxygen atoms in total. The Labute approximate surface area is 133 Å². The Hall–Kier alpha value is -0.0800. The van der Waals surface area contributed by atoms with Gasteiger partial charge in [0, 0.05) is 18.6 Å². The SMILES string of the molecule is CCCNC1CCC(CC)CC1CN1CCCC(C)C1C. The van der Waals surface area contributed by atoms with Gasteiger partial charge in [-0.2, -0.15) is 0 Å². The van der Waals surface area contributed by atoms with E-state index < -0.39 is 0 Å². The summed E-state index contributed by atoms with van der Waals surface area (Å²) in [6, 6.07) is 1.56. The predicted octanol–water partition coefficient (Wildman–Crippen LogP) is 4.30. The van der Waals surface area contributed by atoms with Crippen molar-refractivity contribution in [2.75, 3.05) is 19.6 Å². The summed E-state index contributed by atoms with van der Waals surface area (Å²) in [4.78, 5) is 2.80. The van der Waals surface area contributed by atoms with Crippen molar-refractivity contribution < 1.29 is 0 Å². The lowest BCUT2D eigenvalue weighted by Gasteiger charge is -2.44. The Morgan fingerprint density at radius 1 is 1.10 bits per heavy atom. The smallest absolute Gasteiger partial charge is 0.0108 e. The molecule has 2 heteroatoms. The minimum absolute atomic E-state index is 0.775. The average Bonchev–Trinajstić information content (AvgIpc) is 2.50. The number of piperidine rings is 1. The second kappa shape index (κ2) is 8.53. The maximum absolute atomic E-state index is 3.85. The largest absolute Gasteiger partial charge is 0.314 e. The van der Waals surface area contributed by atoms with Crippen molar-refractivity contribution in [1.82, 2.24) is 10.2 Å². The van der Waals surface area contributed by atoms with Crippen molar-refractivity contribution in [1.29, 1.82) is 0 Å². The van der Waals surface area contributed by atoms with Gasteiger partial charge in [0.05, 0.1) is 0 Å².